The van der Waals surface area contributed by atoms with E-state index < -0.39 is 42.5 Å². The lowest BCUT2D eigenvalue weighted by atomic mass is 10.0. The van der Waals surface area contributed by atoms with Crippen LogP contribution in [0.2, 0.25) is 0 Å². The van der Waals surface area contributed by atoms with E-state index in [0.717, 1.165) is 16.9 Å². The monoisotopic (exact) mass is 541 g/mol. The number of alkyl carbamates (subject to hydrolysis) is 1. The zero-order valence-electron chi connectivity index (χ0n) is 23.2. The minimum Gasteiger partial charge on any atom is -0.488 e. The van der Waals surface area contributed by atoms with Gasteiger partial charge in [0.1, 0.15) is 36.6 Å². The molecular weight excluding hydrogens is 502 g/mol. The van der Waals surface area contributed by atoms with Crippen LogP contribution in [0.4, 0.5) is 4.79 Å². The highest BCUT2D eigenvalue weighted by Crippen LogP contribution is 2.19. The van der Waals surface area contributed by atoms with Gasteiger partial charge in [0.15, 0.2) is 0 Å². The van der Waals surface area contributed by atoms with Gasteiger partial charge in [-0.3, -0.25) is 14.4 Å². The Balaban J connectivity index is 2.11. The van der Waals surface area contributed by atoms with Gasteiger partial charge < -0.3 is 30.5 Å². The highest BCUT2D eigenvalue weighted by atomic mass is 16.5. The van der Waals surface area contributed by atoms with Crippen LogP contribution in [0.25, 0.3) is 0 Å². The number of nitrogens with one attached hydrogen (secondary N) is 3. The van der Waals surface area contributed by atoms with Crippen molar-refractivity contribution in [3.05, 3.63) is 65.7 Å². The second kappa shape index (κ2) is 14.8. The van der Waals surface area contributed by atoms with Crippen molar-refractivity contribution in [1.82, 2.24) is 16.0 Å². The van der Waals surface area contributed by atoms with Crippen molar-refractivity contribution in [3.8, 4) is 5.75 Å². The van der Waals surface area contributed by atoms with Crippen LogP contribution < -0.4 is 20.7 Å². The van der Waals surface area contributed by atoms with E-state index in [1.165, 1.54) is 0 Å². The van der Waals surface area contributed by atoms with Gasteiger partial charge in [0.25, 0.3) is 0 Å². The molecule has 0 spiro atoms. The SMILES string of the molecule is CC(C)C(NC(=O)C(CCc1ccc(OC(C)(C)C)cc1)NC(=O)OCc1ccccc1)C(=O)NCC(=O)O. The van der Waals surface area contributed by atoms with Crippen molar-refractivity contribution in [1.29, 1.82) is 0 Å². The quantitative estimate of drug-likeness (QED) is 0.304. The van der Waals surface area contributed by atoms with Crippen LogP contribution in [0.3, 0.4) is 0 Å². The van der Waals surface area contributed by atoms with Crippen LogP contribution in [0.5, 0.6) is 5.75 Å². The van der Waals surface area contributed by atoms with Crippen LogP contribution in [0.1, 0.15) is 52.2 Å². The molecule has 2 unspecified atom stereocenters. The molecule has 2 atom stereocenters. The van der Waals surface area contributed by atoms with Gasteiger partial charge in [0.2, 0.25) is 11.8 Å². The van der Waals surface area contributed by atoms with E-state index in [2.05, 4.69) is 16.0 Å². The Kier molecular flexibility index (Phi) is 11.8. The molecule has 0 aliphatic rings. The molecular formula is C29H39N3O7. The van der Waals surface area contributed by atoms with Crippen LogP contribution in [-0.2, 0) is 32.1 Å². The van der Waals surface area contributed by atoms with Crippen LogP contribution in [0.15, 0.2) is 54.6 Å². The second-order valence-corrected chi connectivity index (χ2v) is 10.5. The van der Waals surface area contributed by atoms with Gasteiger partial charge in [-0.15, -0.1) is 0 Å². The molecule has 0 heterocycles. The summed E-state index contributed by atoms with van der Waals surface area (Å²) in [6.45, 7) is 8.78. The molecule has 39 heavy (non-hydrogen) atoms. The third kappa shape index (κ3) is 11.9. The number of amides is 3. The number of carboxylic acid groups (broad SMARTS) is 1. The number of hydrogen-bond acceptors (Lipinski definition) is 6. The molecule has 212 valence electrons. The van der Waals surface area contributed by atoms with Gasteiger partial charge in [0.05, 0.1) is 0 Å². The zero-order chi connectivity index (χ0) is 29.0. The maximum atomic E-state index is 13.2. The maximum Gasteiger partial charge on any atom is 0.408 e. The molecule has 0 aliphatic heterocycles. The van der Waals surface area contributed by atoms with Crippen LogP contribution >= 0.6 is 0 Å². The maximum absolute atomic E-state index is 13.2. The van der Waals surface area contributed by atoms with Crippen molar-refractivity contribution >= 4 is 23.9 Å². The number of aliphatic carboxylic acids is 1. The zero-order valence-corrected chi connectivity index (χ0v) is 23.2. The first-order valence-electron chi connectivity index (χ1n) is 12.9. The first-order valence-corrected chi connectivity index (χ1v) is 12.9. The Labute approximate surface area is 229 Å². The Hall–Kier alpha value is -4.08. The van der Waals surface area contributed by atoms with E-state index >= 15 is 0 Å². The summed E-state index contributed by atoms with van der Waals surface area (Å²) in [6.07, 6.45) is -0.0955. The first kappa shape index (κ1) is 31.1. The summed E-state index contributed by atoms with van der Waals surface area (Å²) in [5.74, 6) is -2.01. The topological polar surface area (TPSA) is 143 Å². The predicted molar refractivity (Wildman–Crippen MR) is 146 cm³/mol. The Morgan fingerprint density at radius 3 is 2.08 bits per heavy atom. The van der Waals surface area contributed by atoms with Gasteiger partial charge in [0, 0.05) is 0 Å². The smallest absolute Gasteiger partial charge is 0.408 e. The number of benzene rings is 2. The average molecular weight is 542 g/mol. The molecule has 2 aromatic carbocycles. The highest BCUT2D eigenvalue weighted by molar-refractivity contribution is 5.92. The molecule has 4 N–H and O–H groups in total. The lowest BCUT2D eigenvalue weighted by Gasteiger charge is -2.25. The fourth-order valence-electron chi connectivity index (χ4n) is 3.63. The number of aryl methyl sites for hydroxylation is 1. The standard InChI is InChI=1S/C29H39N3O7/c1-19(2)25(27(36)30-17-24(33)34)32-26(35)23(31-28(37)38-18-21-9-7-6-8-10-21)16-13-20-11-14-22(15-12-20)39-29(3,4)5/h6-12,14-15,19,23,25H,13,16-18H2,1-5H3,(H,30,36)(H,31,37)(H,32,35)(H,33,34). The molecule has 0 aromatic heterocycles. The lowest BCUT2D eigenvalue weighted by Crippen LogP contribution is -2.56. The van der Waals surface area contributed by atoms with Crippen molar-refractivity contribution in [2.75, 3.05) is 6.54 Å². The van der Waals surface area contributed by atoms with Gasteiger partial charge in [-0.1, -0.05) is 56.3 Å². The Morgan fingerprint density at radius 2 is 1.51 bits per heavy atom. The molecule has 0 saturated heterocycles. The highest BCUT2D eigenvalue weighted by Gasteiger charge is 2.29. The fraction of sp³-hybridized carbons (Fsp3) is 0.448. The van der Waals surface area contributed by atoms with E-state index in [9.17, 15) is 19.2 Å². The Morgan fingerprint density at radius 1 is 0.872 bits per heavy atom. The summed E-state index contributed by atoms with van der Waals surface area (Å²) in [5, 5.41) is 16.4. The number of carboxylic acids is 1. The molecule has 3 amide bonds. The molecule has 0 fully saturated rings. The van der Waals surface area contributed by atoms with Crippen LogP contribution in [-0.4, -0.2) is 53.2 Å². The lowest BCUT2D eigenvalue weighted by molar-refractivity contribution is -0.138. The molecule has 0 aliphatic carbocycles. The molecule has 0 saturated carbocycles. The van der Waals surface area contributed by atoms with Crippen molar-refractivity contribution in [3.63, 3.8) is 0 Å². The summed E-state index contributed by atoms with van der Waals surface area (Å²) < 4.78 is 11.1. The normalized spacial score (nSPS) is 12.7. The summed E-state index contributed by atoms with van der Waals surface area (Å²) in [7, 11) is 0. The molecule has 10 nitrogen and oxygen atoms in total. The first-order chi connectivity index (χ1) is 18.3. The van der Waals surface area contributed by atoms with E-state index in [0.29, 0.717) is 6.42 Å². The largest absolute Gasteiger partial charge is 0.488 e. The van der Waals surface area contributed by atoms with E-state index in [-0.39, 0.29) is 24.5 Å². The predicted octanol–water partition coefficient (Wildman–Crippen LogP) is 3.43. The number of rotatable bonds is 13. The van der Waals surface area contributed by atoms with Gasteiger partial charge in [-0.25, -0.2) is 4.79 Å². The van der Waals surface area contributed by atoms with Crippen LogP contribution in [0, 0.1) is 5.92 Å². The minimum atomic E-state index is -1.20. The average Bonchev–Trinajstić information content (AvgIpc) is 2.87. The molecule has 2 aromatic rings. The second-order valence-electron chi connectivity index (χ2n) is 10.5. The van der Waals surface area contributed by atoms with E-state index in [1.54, 1.807) is 13.8 Å². The van der Waals surface area contributed by atoms with Gasteiger partial charge in [-0.05, 0) is 62.8 Å². The molecule has 10 heteroatoms. The summed E-state index contributed by atoms with van der Waals surface area (Å²) in [5.41, 5.74) is 1.38. The number of carbonyl (C=O) groups is 4. The summed E-state index contributed by atoms with van der Waals surface area (Å²) >= 11 is 0. The van der Waals surface area contributed by atoms with E-state index in [1.807, 2.05) is 75.4 Å². The number of ether oxygens (including phenoxy) is 2. The number of hydrogen-bond donors (Lipinski definition) is 4. The van der Waals surface area contributed by atoms with Crippen molar-refractivity contribution in [2.24, 2.45) is 5.92 Å². The van der Waals surface area contributed by atoms with Gasteiger partial charge >= 0.3 is 12.1 Å². The third-order valence-electron chi connectivity index (χ3n) is 5.55. The summed E-state index contributed by atoms with van der Waals surface area (Å²) in [6, 6.07) is 14.6. The van der Waals surface area contributed by atoms with Crippen molar-refractivity contribution in [2.45, 2.75) is 71.8 Å². The molecule has 0 radical (unpaired) electrons. The van der Waals surface area contributed by atoms with Crippen molar-refractivity contribution < 1.29 is 33.8 Å². The molecule has 0 bridgehead atoms. The van der Waals surface area contributed by atoms with Gasteiger partial charge in [-0.2, -0.15) is 0 Å². The fourth-order valence-corrected chi connectivity index (χ4v) is 3.63. The van der Waals surface area contributed by atoms with E-state index in [4.69, 9.17) is 14.6 Å². The summed E-state index contributed by atoms with van der Waals surface area (Å²) in [4.78, 5) is 49.2. The minimum absolute atomic E-state index is 0.0302. The third-order valence-corrected chi connectivity index (χ3v) is 5.55. The number of carbonyl (C=O) groups excluding carboxylic acids is 3. The molecule has 2 rings (SSSR count). The Bertz CT molecular complexity index is 1100.